The molecule has 32 heavy (non-hydrogen) atoms. The quantitative estimate of drug-likeness (QED) is 0.726. The molecule has 8 nitrogen and oxygen atoms in total. The van der Waals surface area contributed by atoms with E-state index in [1.807, 2.05) is 27.7 Å². The van der Waals surface area contributed by atoms with Gasteiger partial charge in [-0.3, -0.25) is 19.2 Å². The molecule has 2 N–H and O–H groups in total. The van der Waals surface area contributed by atoms with Crippen LogP contribution in [0.15, 0.2) is 24.3 Å². The third-order valence-corrected chi connectivity index (χ3v) is 6.05. The summed E-state index contributed by atoms with van der Waals surface area (Å²) in [6.07, 6.45) is -0.281. The molecule has 0 radical (unpaired) electrons. The molecule has 1 unspecified atom stereocenters. The van der Waals surface area contributed by atoms with E-state index in [-0.39, 0.29) is 42.1 Å². The summed E-state index contributed by atoms with van der Waals surface area (Å²) in [4.78, 5) is 52.2. The van der Waals surface area contributed by atoms with Gasteiger partial charge in [0.25, 0.3) is 5.91 Å². The number of hydrogen-bond donors (Lipinski definition) is 2. The monoisotopic (exact) mass is 443 g/mol. The van der Waals surface area contributed by atoms with Crippen molar-refractivity contribution in [2.45, 2.75) is 59.7 Å². The lowest BCUT2D eigenvalue weighted by Gasteiger charge is -2.35. The van der Waals surface area contributed by atoms with Crippen LogP contribution in [0.1, 0.15) is 51.9 Å². The van der Waals surface area contributed by atoms with Crippen LogP contribution in [0.4, 0.5) is 5.69 Å². The summed E-state index contributed by atoms with van der Waals surface area (Å²) in [5.41, 5.74) is 0.407. The molecule has 1 aromatic rings. The Kier molecular flexibility index (Phi) is 6.74. The number of ether oxygens (including phenoxy) is 1. The molecule has 2 saturated heterocycles. The second-order valence-corrected chi connectivity index (χ2v) is 10.1. The van der Waals surface area contributed by atoms with E-state index < -0.39 is 23.4 Å². The molecule has 3 rings (SSSR count). The molecular formula is C24H33N3O5. The summed E-state index contributed by atoms with van der Waals surface area (Å²) in [6.45, 7) is 11.7. The highest BCUT2D eigenvalue weighted by molar-refractivity contribution is 6.00. The highest BCUT2D eigenvalue weighted by Crippen LogP contribution is 2.33. The largest absolute Gasteiger partial charge is 0.367 e. The lowest BCUT2D eigenvalue weighted by atomic mass is 9.85. The number of ketones is 1. The molecule has 4 atom stereocenters. The van der Waals surface area contributed by atoms with Gasteiger partial charge in [0.05, 0.1) is 6.10 Å². The summed E-state index contributed by atoms with van der Waals surface area (Å²) in [5.74, 6) is -0.959. The number of amides is 3. The van der Waals surface area contributed by atoms with Crippen molar-refractivity contribution in [2.24, 2.45) is 17.3 Å². The predicted octanol–water partition coefficient (Wildman–Crippen LogP) is 2.24. The smallest absolute Gasteiger partial charge is 0.251 e. The minimum Gasteiger partial charge on any atom is -0.367 e. The fourth-order valence-electron chi connectivity index (χ4n) is 4.14. The molecule has 2 aliphatic rings. The van der Waals surface area contributed by atoms with Crippen molar-refractivity contribution in [3.63, 3.8) is 0 Å². The molecule has 0 saturated carbocycles. The number of carbonyl (C=O) groups excluding carboxylic acids is 4. The van der Waals surface area contributed by atoms with E-state index in [0.717, 1.165) is 0 Å². The van der Waals surface area contributed by atoms with E-state index >= 15 is 0 Å². The van der Waals surface area contributed by atoms with Crippen LogP contribution in [0.25, 0.3) is 0 Å². The van der Waals surface area contributed by atoms with E-state index in [2.05, 4.69) is 10.6 Å². The van der Waals surface area contributed by atoms with E-state index in [1.165, 1.54) is 0 Å². The summed E-state index contributed by atoms with van der Waals surface area (Å²) in [6, 6.07) is 5.14. The summed E-state index contributed by atoms with van der Waals surface area (Å²) in [5, 5.41) is 5.65. The molecule has 2 fully saturated rings. The van der Waals surface area contributed by atoms with Gasteiger partial charge in [-0.25, -0.2) is 0 Å². The van der Waals surface area contributed by atoms with E-state index in [4.69, 9.17) is 4.74 Å². The molecule has 3 amide bonds. The average Bonchev–Trinajstić information content (AvgIpc) is 3.26. The molecule has 0 bridgehead atoms. The third-order valence-electron chi connectivity index (χ3n) is 6.05. The van der Waals surface area contributed by atoms with Crippen molar-refractivity contribution in [2.75, 3.05) is 18.5 Å². The number of likely N-dealkylation sites (tertiary alicyclic amines) is 1. The summed E-state index contributed by atoms with van der Waals surface area (Å²) < 4.78 is 5.59. The van der Waals surface area contributed by atoms with Gasteiger partial charge in [-0.15, -0.1) is 0 Å². The average molecular weight is 444 g/mol. The molecule has 0 aromatic heterocycles. The topological polar surface area (TPSA) is 105 Å². The Labute approximate surface area is 189 Å². The van der Waals surface area contributed by atoms with Crippen LogP contribution in [0, 0.1) is 17.3 Å². The Morgan fingerprint density at radius 3 is 2.31 bits per heavy atom. The first kappa shape index (κ1) is 23.9. The van der Waals surface area contributed by atoms with Crippen LogP contribution in [0.3, 0.4) is 0 Å². The van der Waals surface area contributed by atoms with Crippen molar-refractivity contribution in [1.29, 1.82) is 0 Å². The van der Waals surface area contributed by atoms with Gasteiger partial charge < -0.3 is 20.3 Å². The van der Waals surface area contributed by atoms with Crippen LogP contribution in [-0.4, -0.2) is 59.7 Å². The molecule has 174 valence electrons. The number of benzene rings is 1. The van der Waals surface area contributed by atoms with Gasteiger partial charge in [0.1, 0.15) is 18.7 Å². The van der Waals surface area contributed by atoms with Gasteiger partial charge in [0, 0.05) is 29.6 Å². The van der Waals surface area contributed by atoms with Crippen LogP contribution < -0.4 is 10.6 Å². The highest BCUT2D eigenvalue weighted by Gasteiger charge is 2.52. The maximum atomic E-state index is 13.5. The molecular weight excluding hydrogens is 410 g/mol. The van der Waals surface area contributed by atoms with Gasteiger partial charge in [0.2, 0.25) is 11.8 Å². The number of nitrogens with zero attached hydrogens (tertiary/aromatic N) is 1. The number of hydrogen-bond acceptors (Lipinski definition) is 5. The Hall–Kier alpha value is -2.74. The first-order valence-electron chi connectivity index (χ1n) is 11.1. The number of carbonyl (C=O) groups is 4. The Bertz CT molecular complexity index is 903. The SMILES string of the molecule is CC(C)C(=O)Nc1ccc(C(=O)NC(C(=O)N2C[C@@H](C)[C@H]3OCC(=O)[C@H]32)C(C)(C)C)cc1. The van der Waals surface area contributed by atoms with Crippen molar-refractivity contribution < 1.29 is 23.9 Å². The van der Waals surface area contributed by atoms with Gasteiger partial charge >= 0.3 is 0 Å². The fourth-order valence-corrected chi connectivity index (χ4v) is 4.14. The van der Waals surface area contributed by atoms with E-state index in [0.29, 0.717) is 17.8 Å². The van der Waals surface area contributed by atoms with Gasteiger partial charge in [-0.2, -0.15) is 0 Å². The lowest BCUT2D eigenvalue weighted by Crippen LogP contribution is -2.57. The predicted molar refractivity (Wildman–Crippen MR) is 120 cm³/mol. The van der Waals surface area contributed by atoms with Gasteiger partial charge in [-0.05, 0) is 29.7 Å². The first-order valence-corrected chi connectivity index (χ1v) is 11.1. The number of anilines is 1. The molecule has 8 heteroatoms. The highest BCUT2D eigenvalue weighted by atomic mass is 16.5. The molecule has 2 heterocycles. The Morgan fingerprint density at radius 1 is 1.12 bits per heavy atom. The van der Waals surface area contributed by atoms with Crippen LogP contribution in [0.5, 0.6) is 0 Å². The second kappa shape index (κ2) is 9.02. The van der Waals surface area contributed by atoms with Crippen molar-refractivity contribution >= 4 is 29.2 Å². The summed E-state index contributed by atoms with van der Waals surface area (Å²) >= 11 is 0. The van der Waals surface area contributed by atoms with E-state index in [1.54, 1.807) is 43.0 Å². The second-order valence-electron chi connectivity index (χ2n) is 10.1. The zero-order chi connectivity index (χ0) is 23.8. The Balaban J connectivity index is 1.75. The van der Waals surface area contributed by atoms with Crippen LogP contribution in [-0.2, 0) is 19.1 Å². The molecule has 0 aliphatic carbocycles. The van der Waals surface area contributed by atoms with Gasteiger partial charge in [0.15, 0.2) is 5.78 Å². The maximum Gasteiger partial charge on any atom is 0.251 e. The zero-order valence-corrected chi connectivity index (χ0v) is 19.6. The maximum absolute atomic E-state index is 13.5. The van der Waals surface area contributed by atoms with Crippen LogP contribution in [0.2, 0.25) is 0 Å². The Morgan fingerprint density at radius 2 is 1.75 bits per heavy atom. The molecule has 1 aromatic carbocycles. The molecule has 2 aliphatic heterocycles. The summed E-state index contributed by atoms with van der Waals surface area (Å²) in [7, 11) is 0. The number of rotatable bonds is 5. The van der Waals surface area contributed by atoms with Crippen molar-refractivity contribution in [1.82, 2.24) is 10.2 Å². The first-order chi connectivity index (χ1) is 14.9. The normalized spacial score (nSPS) is 23.8. The fraction of sp³-hybridized carbons (Fsp3) is 0.583. The number of nitrogens with one attached hydrogen (secondary N) is 2. The van der Waals surface area contributed by atoms with Crippen LogP contribution >= 0.6 is 0 Å². The third kappa shape index (κ3) is 4.85. The lowest BCUT2D eigenvalue weighted by molar-refractivity contribution is -0.140. The molecule has 0 spiro atoms. The minimum atomic E-state index is -0.810. The van der Waals surface area contributed by atoms with Gasteiger partial charge in [-0.1, -0.05) is 41.5 Å². The minimum absolute atomic E-state index is 0.0235. The van der Waals surface area contributed by atoms with Crippen molar-refractivity contribution in [3.05, 3.63) is 29.8 Å². The number of Topliss-reactive ketones (excluding diaryl/α,β-unsaturated/α-hetero) is 1. The van der Waals surface area contributed by atoms with E-state index in [9.17, 15) is 19.2 Å². The van der Waals surface area contributed by atoms with Crippen molar-refractivity contribution in [3.8, 4) is 0 Å². The number of fused-ring (bicyclic) bond motifs is 1. The zero-order valence-electron chi connectivity index (χ0n) is 19.6. The standard InChI is InChI=1S/C24H33N3O5/c1-13(2)21(29)25-16-9-7-15(8-10-16)22(30)26-20(24(4,5)6)23(31)27-11-14(3)19-18(27)17(28)12-32-19/h7-10,13-14,18-20H,11-12H2,1-6H3,(H,25,29)(H,26,30)/t14-,18-,19-,20?/m1/s1.